The maximum atomic E-state index is 7.27. The number of hydrogen-bond acceptors (Lipinski definition) is 2. The molecule has 0 N–H and O–H groups in total. The van der Waals surface area contributed by atoms with Gasteiger partial charge in [0.15, 0.2) is 11.3 Å². The number of benzene rings is 8. The van der Waals surface area contributed by atoms with Crippen molar-refractivity contribution in [3.63, 3.8) is 0 Å². The minimum Gasteiger partial charge on any atom is -0.436 e. The summed E-state index contributed by atoms with van der Waals surface area (Å²) in [5.41, 5.74) is 11.9. The van der Waals surface area contributed by atoms with Crippen molar-refractivity contribution in [2.75, 3.05) is 0 Å². The Morgan fingerprint density at radius 2 is 0.959 bits per heavy atom. The Hall–Kier alpha value is -6.76. The summed E-state index contributed by atoms with van der Waals surface area (Å²) in [5, 5.41) is 4.80. The predicted molar refractivity (Wildman–Crippen MR) is 202 cm³/mol. The minimum atomic E-state index is 0.594. The molecule has 3 heteroatoms. The third kappa shape index (κ3) is 5.13. The zero-order chi connectivity index (χ0) is 32.7. The second-order valence-corrected chi connectivity index (χ2v) is 12.3. The van der Waals surface area contributed by atoms with Gasteiger partial charge in [-0.3, -0.25) is 0 Å². The number of hydrogen-bond donors (Lipinski definition) is 0. The highest BCUT2D eigenvalue weighted by Gasteiger charge is 2.18. The van der Waals surface area contributed by atoms with Crippen LogP contribution in [0.2, 0.25) is 0 Å². The van der Waals surface area contributed by atoms with E-state index < -0.39 is 0 Å². The molecule has 0 aliphatic heterocycles. The molecule has 0 amide bonds. The number of fused-ring (bicyclic) bond motifs is 4. The van der Waals surface area contributed by atoms with Crippen molar-refractivity contribution < 1.29 is 4.42 Å². The Bertz CT molecular complexity index is 2680. The van der Waals surface area contributed by atoms with Crippen LogP contribution >= 0.6 is 0 Å². The average molecular weight is 625 g/mol. The first-order valence-corrected chi connectivity index (χ1v) is 16.3. The van der Waals surface area contributed by atoms with Crippen LogP contribution in [0.4, 0.5) is 5.69 Å². The number of nitrogens with zero attached hydrogens (tertiary/aromatic N) is 2. The van der Waals surface area contributed by atoms with Crippen molar-refractivity contribution in [2.45, 2.75) is 0 Å². The molecule has 0 spiro atoms. The largest absolute Gasteiger partial charge is 0.436 e. The van der Waals surface area contributed by atoms with E-state index >= 15 is 0 Å². The van der Waals surface area contributed by atoms with Crippen LogP contribution in [-0.2, 0) is 0 Å². The van der Waals surface area contributed by atoms with Gasteiger partial charge in [-0.05, 0) is 90.8 Å². The third-order valence-electron chi connectivity index (χ3n) is 9.34. The highest BCUT2D eigenvalue weighted by Crippen LogP contribution is 2.41. The van der Waals surface area contributed by atoms with Crippen molar-refractivity contribution in [2.24, 2.45) is 0 Å². The Balaban J connectivity index is 1.22. The van der Waals surface area contributed by atoms with Crippen molar-refractivity contribution in [1.82, 2.24) is 4.98 Å². The lowest BCUT2D eigenvalue weighted by Gasteiger charge is -2.13. The second-order valence-electron chi connectivity index (χ2n) is 12.3. The third-order valence-corrected chi connectivity index (χ3v) is 9.34. The van der Waals surface area contributed by atoms with Crippen molar-refractivity contribution in [3.05, 3.63) is 181 Å². The maximum absolute atomic E-state index is 7.27. The first-order chi connectivity index (χ1) is 24.2. The fourth-order valence-electron chi connectivity index (χ4n) is 6.82. The van der Waals surface area contributed by atoms with Gasteiger partial charge in [-0.15, -0.1) is 0 Å². The van der Waals surface area contributed by atoms with Gasteiger partial charge < -0.3 is 4.42 Å². The van der Waals surface area contributed by atoms with Crippen LogP contribution in [0.25, 0.3) is 93.5 Å². The molecule has 1 aromatic heterocycles. The molecule has 0 radical (unpaired) electrons. The Morgan fingerprint density at radius 1 is 0.429 bits per heavy atom. The lowest BCUT2D eigenvalue weighted by molar-refractivity contribution is 0.620. The molecule has 0 bridgehead atoms. The van der Waals surface area contributed by atoms with E-state index in [4.69, 9.17) is 16.0 Å². The second kappa shape index (κ2) is 11.8. The van der Waals surface area contributed by atoms with Crippen molar-refractivity contribution in [3.8, 4) is 56.0 Å². The Labute approximate surface area is 284 Å². The first-order valence-electron chi connectivity index (χ1n) is 16.3. The molecule has 0 unspecified atom stereocenters. The molecule has 9 aromatic rings. The van der Waals surface area contributed by atoms with E-state index in [-0.39, 0.29) is 0 Å². The van der Waals surface area contributed by atoms with Gasteiger partial charge in [0, 0.05) is 11.1 Å². The lowest BCUT2D eigenvalue weighted by Crippen LogP contribution is -1.88. The summed E-state index contributed by atoms with van der Waals surface area (Å²) in [5.74, 6) is 0.594. The lowest BCUT2D eigenvalue weighted by atomic mass is 9.91. The van der Waals surface area contributed by atoms with Crippen molar-refractivity contribution in [1.29, 1.82) is 0 Å². The molecular weight excluding hydrogens is 597 g/mol. The number of oxazole rings is 1. The van der Waals surface area contributed by atoms with Gasteiger partial charge in [-0.25, -0.2) is 9.83 Å². The average Bonchev–Trinajstić information content (AvgIpc) is 3.62. The highest BCUT2D eigenvalue weighted by molar-refractivity contribution is 6.16. The molecule has 9 rings (SSSR count). The fourth-order valence-corrected chi connectivity index (χ4v) is 6.82. The molecule has 0 atom stereocenters. The van der Waals surface area contributed by atoms with Crippen LogP contribution in [0.3, 0.4) is 0 Å². The quantitative estimate of drug-likeness (QED) is 0.141. The van der Waals surface area contributed by atoms with Crippen LogP contribution in [0, 0.1) is 6.57 Å². The molecule has 8 aromatic carbocycles. The highest BCUT2D eigenvalue weighted by atomic mass is 16.3. The predicted octanol–water partition coefficient (Wildman–Crippen LogP) is 13.0. The summed E-state index contributed by atoms with van der Waals surface area (Å²) in [4.78, 5) is 8.69. The summed E-state index contributed by atoms with van der Waals surface area (Å²) in [6, 6.07) is 58.9. The van der Waals surface area contributed by atoms with Gasteiger partial charge in [0.25, 0.3) is 0 Å². The molecule has 49 heavy (non-hydrogen) atoms. The summed E-state index contributed by atoms with van der Waals surface area (Å²) >= 11 is 0. The van der Waals surface area contributed by atoms with E-state index in [9.17, 15) is 0 Å². The van der Waals surface area contributed by atoms with Gasteiger partial charge in [0.1, 0.15) is 5.52 Å². The molecule has 0 aliphatic rings. The van der Waals surface area contributed by atoms with Gasteiger partial charge in [0.05, 0.1) is 6.57 Å². The summed E-state index contributed by atoms with van der Waals surface area (Å²) < 4.78 is 6.60. The first kappa shape index (κ1) is 28.5. The van der Waals surface area contributed by atoms with Crippen LogP contribution in [0.5, 0.6) is 0 Å². The molecular formula is C46H28N2O. The van der Waals surface area contributed by atoms with Crippen LogP contribution in [-0.4, -0.2) is 4.98 Å². The molecule has 0 saturated heterocycles. The Morgan fingerprint density at radius 3 is 1.63 bits per heavy atom. The van der Waals surface area contributed by atoms with Gasteiger partial charge in [0.2, 0.25) is 5.89 Å². The fraction of sp³-hybridized carbons (Fsp3) is 0. The van der Waals surface area contributed by atoms with Crippen LogP contribution in [0.15, 0.2) is 174 Å². The van der Waals surface area contributed by atoms with Gasteiger partial charge >= 0.3 is 0 Å². The van der Waals surface area contributed by atoms with E-state index in [0.29, 0.717) is 11.6 Å². The minimum absolute atomic E-state index is 0.594. The molecule has 0 saturated carbocycles. The van der Waals surface area contributed by atoms with E-state index in [1.54, 1.807) is 0 Å². The monoisotopic (exact) mass is 624 g/mol. The standard InChI is InChI=1S/C46H28N2O/c1-47-38-25-23-33(24-26-38)32-15-17-34(18-16-32)37-28-43(42-27-36-11-5-6-12-39(36)40-13-7-8-14-41(40)42)45-44(29-37)49-46(48-45)35-21-19-31(20-22-35)30-9-3-2-4-10-30/h2-29H. The zero-order valence-electron chi connectivity index (χ0n) is 26.5. The summed E-state index contributed by atoms with van der Waals surface area (Å²) in [6.07, 6.45) is 0. The smallest absolute Gasteiger partial charge is 0.227 e. The topological polar surface area (TPSA) is 30.4 Å². The summed E-state index contributed by atoms with van der Waals surface area (Å²) in [7, 11) is 0. The molecule has 3 nitrogen and oxygen atoms in total. The number of aromatic nitrogens is 1. The van der Waals surface area contributed by atoms with E-state index in [0.717, 1.165) is 55.6 Å². The van der Waals surface area contributed by atoms with Crippen molar-refractivity contribution >= 4 is 38.3 Å². The zero-order valence-corrected chi connectivity index (χ0v) is 26.5. The van der Waals surface area contributed by atoms with Gasteiger partial charge in [-0.2, -0.15) is 0 Å². The molecule has 1 heterocycles. The molecule has 0 fully saturated rings. The Kier molecular flexibility index (Phi) is 6.85. The maximum Gasteiger partial charge on any atom is 0.227 e. The van der Waals surface area contributed by atoms with Crippen LogP contribution < -0.4 is 0 Å². The van der Waals surface area contributed by atoms with E-state index in [2.05, 4.69) is 144 Å². The van der Waals surface area contributed by atoms with E-state index in [1.807, 2.05) is 30.3 Å². The van der Waals surface area contributed by atoms with E-state index in [1.165, 1.54) is 27.1 Å². The molecule has 0 aliphatic carbocycles. The summed E-state index contributed by atoms with van der Waals surface area (Å²) in [6.45, 7) is 7.27. The normalized spacial score (nSPS) is 11.2. The van der Waals surface area contributed by atoms with Crippen LogP contribution in [0.1, 0.15) is 0 Å². The SMILES string of the molecule is [C-]#[N+]c1ccc(-c2ccc(-c3cc(-c4cc5ccccc5c5ccccc45)c4nc(-c5ccc(-c6ccccc6)cc5)oc4c3)cc2)cc1. The van der Waals surface area contributed by atoms with Gasteiger partial charge in [-0.1, -0.05) is 140 Å². The molecule has 228 valence electrons. The number of rotatable bonds is 5.